The first-order valence-corrected chi connectivity index (χ1v) is 7.10. The summed E-state index contributed by atoms with van der Waals surface area (Å²) >= 11 is 0. The first-order valence-electron chi connectivity index (χ1n) is 7.10. The fraction of sp³-hybridized carbons (Fsp3) is 0.375. The molecule has 0 saturated heterocycles. The third kappa shape index (κ3) is 2.64. The Balaban J connectivity index is 1.81. The summed E-state index contributed by atoms with van der Waals surface area (Å²) in [6.07, 6.45) is 0. The lowest BCUT2D eigenvalue weighted by atomic mass is 9.92. The van der Waals surface area contributed by atoms with Crippen molar-refractivity contribution in [3.05, 3.63) is 35.5 Å². The van der Waals surface area contributed by atoms with Crippen LogP contribution in [0.2, 0.25) is 0 Å². The highest BCUT2D eigenvalue weighted by molar-refractivity contribution is 6.04. The number of aryl methyl sites for hydroxylation is 1. The number of nitrogens with zero attached hydrogens (tertiary/aromatic N) is 2. The van der Waals surface area contributed by atoms with Gasteiger partial charge in [-0.2, -0.15) is 5.10 Å². The Kier molecular flexibility index (Phi) is 3.31. The van der Waals surface area contributed by atoms with Crippen LogP contribution in [0.5, 0.6) is 11.5 Å². The van der Waals surface area contributed by atoms with Crippen LogP contribution in [0.15, 0.2) is 24.3 Å². The minimum Gasteiger partial charge on any atom is -0.454 e. The minimum absolute atomic E-state index is 0.0700. The summed E-state index contributed by atoms with van der Waals surface area (Å²) in [6, 6.07) is 7.02. The van der Waals surface area contributed by atoms with Gasteiger partial charge in [-0.25, -0.2) is 0 Å². The number of rotatable bonds is 2. The van der Waals surface area contributed by atoms with Crippen LogP contribution in [0.1, 0.15) is 36.8 Å². The zero-order chi connectivity index (χ0) is 15.9. The molecule has 6 nitrogen and oxygen atoms in total. The van der Waals surface area contributed by atoms with Crippen molar-refractivity contribution in [2.24, 2.45) is 7.05 Å². The topological polar surface area (TPSA) is 65.4 Å². The van der Waals surface area contributed by atoms with Gasteiger partial charge in [-0.3, -0.25) is 9.48 Å². The maximum absolute atomic E-state index is 12.4. The normalized spacial score (nSPS) is 13.3. The van der Waals surface area contributed by atoms with E-state index in [1.54, 1.807) is 22.9 Å². The van der Waals surface area contributed by atoms with Crippen molar-refractivity contribution in [3.8, 4) is 11.5 Å². The quantitative estimate of drug-likeness (QED) is 0.926. The minimum atomic E-state index is -0.207. The van der Waals surface area contributed by atoms with E-state index in [0.717, 1.165) is 5.69 Å². The lowest BCUT2D eigenvalue weighted by Crippen LogP contribution is -2.14. The highest BCUT2D eigenvalue weighted by Crippen LogP contribution is 2.32. The fourth-order valence-electron chi connectivity index (χ4n) is 2.18. The summed E-state index contributed by atoms with van der Waals surface area (Å²) in [5.74, 6) is 1.70. The molecule has 116 valence electrons. The van der Waals surface area contributed by atoms with E-state index in [-0.39, 0.29) is 18.1 Å². The van der Waals surface area contributed by atoms with Gasteiger partial charge >= 0.3 is 0 Å². The van der Waals surface area contributed by atoms with Crippen LogP contribution in [-0.2, 0) is 12.5 Å². The Labute approximate surface area is 129 Å². The molecule has 0 unspecified atom stereocenters. The molecule has 0 saturated carbocycles. The van der Waals surface area contributed by atoms with Crippen LogP contribution < -0.4 is 14.8 Å². The van der Waals surface area contributed by atoms with E-state index < -0.39 is 0 Å². The number of nitrogens with one attached hydrogen (secondary N) is 1. The summed E-state index contributed by atoms with van der Waals surface area (Å²) in [6.45, 7) is 6.44. The van der Waals surface area contributed by atoms with Crippen LogP contribution in [-0.4, -0.2) is 22.5 Å². The third-order valence-corrected chi connectivity index (χ3v) is 3.52. The van der Waals surface area contributed by atoms with Crippen LogP contribution >= 0.6 is 0 Å². The summed E-state index contributed by atoms with van der Waals surface area (Å²) in [4.78, 5) is 12.4. The number of hydrogen-bond acceptors (Lipinski definition) is 4. The number of ether oxygens (including phenoxy) is 2. The fourth-order valence-corrected chi connectivity index (χ4v) is 2.18. The predicted molar refractivity (Wildman–Crippen MR) is 82.4 cm³/mol. The Morgan fingerprint density at radius 2 is 1.95 bits per heavy atom. The van der Waals surface area contributed by atoms with Gasteiger partial charge in [0.15, 0.2) is 11.5 Å². The van der Waals surface area contributed by atoms with E-state index in [1.807, 2.05) is 13.1 Å². The Morgan fingerprint density at radius 3 is 2.64 bits per heavy atom. The van der Waals surface area contributed by atoms with Crippen LogP contribution in [0.25, 0.3) is 0 Å². The number of hydrogen-bond donors (Lipinski definition) is 1. The zero-order valence-electron chi connectivity index (χ0n) is 13.1. The van der Waals surface area contributed by atoms with Gasteiger partial charge in [0.05, 0.1) is 5.69 Å². The van der Waals surface area contributed by atoms with E-state index in [0.29, 0.717) is 22.9 Å². The van der Waals surface area contributed by atoms with Gasteiger partial charge in [0.1, 0.15) is 5.82 Å². The predicted octanol–water partition coefficient (Wildman–Crippen LogP) is 2.70. The summed E-state index contributed by atoms with van der Waals surface area (Å²) in [7, 11) is 1.81. The maximum Gasteiger partial charge on any atom is 0.256 e. The Hall–Kier alpha value is -2.50. The summed E-state index contributed by atoms with van der Waals surface area (Å²) in [5.41, 5.74) is 1.37. The second kappa shape index (κ2) is 5.05. The zero-order valence-corrected chi connectivity index (χ0v) is 13.1. The molecular weight excluding hydrogens is 282 g/mol. The first-order chi connectivity index (χ1) is 10.3. The van der Waals surface area contributed by atoms with Crippen molar-refractivity contribution in [2.75, 3.05) is 12.1 Å². The third-order valence-electron chi connectivity index (χ3n) is 3.52. The molecule has 22 heavy (non-hydrogen) atoms. The molecule has 0 atom stereocenters. The van der Waals surface area contributed by atoms with Crippen molar-refractivity contribution in [3.63, 3.8) is 0 Å². The van der Waals surface area contributed by atoms with Crippen molar-refractivity contribution >= 4 is 11.7 Å². The molecule has 2 heterocycles. The van der Waals surface area contributed by atoms with E-state index in [2.05, 4.69) is 31.2 Å². The van der Waals surface area contributed by atoms with Gasteiger partial charge < -0.3 is 14.8 Å². The van der Waals surface area contributed by atoms with Crippen molar-refractivity contribution in [1.82, 2.24) is 9.78 Å². The lowest BCUT2D eigenvalue weighted by Gasteiger charge is -2.13. The Bertz CT molecular complexity index is 729. The van der Waals surface area contributed by atoms with Gasteiger partial charge in [0.2, 0.25) is 6.79 Å². The van der Waals surface area contributed by atoms with Gasteiger partial charge in [-0.05, 0) is 18.2 Å². The average molecular weight is 301 g/mol. The molecule has 1 amide bonds. The van der Waals surface area contributed by atoms with Gasteiger partial charge in [0, 0.05) is 24.1 Å². The van der Waals surface area contributed by atoms with Crippen molar-refractivity contribution in [1.29, 1.82) is 0 Å². The van der Waals surface area contributed by atoms with Crippen molar-refractivity contribution < 1.29 is 14.3 Å². The molecule has 1 aromatic heterocycles. The molecule has 1 aliphatic heterocycles. The summed E-state index contributed by atoms with van der Waals surface area (Å²) < 4.78 is 12.2. The number of anilines is 1. The molecule has 1 aliphatic rings. The average Bonchev–Trinajstić information content (AvgIpc) is 3.04. The molecular formula is C16H19N3O3. The number of benzene rings is 1. The van der Waals surface area contributed by atoms with Gasteiger partial charge in [-0.1, -0.05) is 20.8 Å². The number of aromatic nitrogens is 2. The van der Waals surface area contributed by atoms with Crippen molar-refractivity contribution in [2.45, 2.75) is 26.2 Å². The molecule has 1 N–H and O–H groups in total. The SMILES string of the molecule is Cn1nc(C(C)(C)C)cc1NC(=O)c1ccc2c(c1)OCO2. The van der Waals surface area contributed by atoms with E-state index in [9.17, 15) is 4.79 Å². The van der Waals surface area contributed by atoms with E-state index in [1.165, 1.54) is 0 Å². The number of carbonyl (C=O) groups excluding carboxylic acids is 1. The Morgan fingerprint density at radius 1 is 1.23 bits per heavy atom. The molecule has 3 rings (SSSR count). The molecule has 0 bridgehead atoms. The highest BCUT2D eigenvalue weighted by Gasteiger charge is 2.21. The second-order valence-electron chi connectivity index (χ2n) is 6.31. The van der Waals surface area contributed by atoms with Crippen LogP contribution in [0.3, 0.4) is 0 Å². The van der Waals surface area contributed by atoms with E-state index >= 15 is 0 Å². The molecule has 0 fully saturated rings. The monoisotopic (exact) mass is 301 g/mol. The molecule has 2 aromatic rings. The smallest absolute Gasteiger partial charge is 0.256 e. The largest absolute Gasteiger partial charge is 0.454 e. The highest BCUT2D eigenvalue weighted by atomic mass is 16.7. The molecule has 6 heteroatoms. The molecule has 0 spiro atoms. The maximum atomic E-state index is 12.4. The lowest BCUT2D eigenvalue weighted by molar-refractivity contribution is 0.102. The number of carbonyl (C=O) groups is 1. The number of fused-ring (bicyclic) bond motifs is 1. The second-order valence-corrected chi connectivity index (χ2v) is 6.31. The van der Waals surface area contributed by atoms with Crippen LogP contribution in [0.4, 0.5) is 5.82 Å². The molecule has 0 radical (unpaired) electrons. The van der Waals surface area contributed by atoms with E-state index in [4.69, 9.17) is 9.47 Å². The molecule has 0 aliphatic carbocycles. The molecule has 1 aromatic carbocycles. The van der Waals surface area contributed by atoms with Gasteiger partial charge in [0.25, 0.3) is 5.91 Å². The summed E-state index contributed by atoms with van der Waals surface area (Å²) in [5, 5.41) is 7.32. The van der Waals surface area contributed by atoms with Crippen LogP contribution in [0, 0.1) is 0 Å². The number of amides is 1. The van der Waals surface area contributed by atoms with Gasteiger partial charge in [-0.15, -0.1) is 0 Å². The standard InChI is InChI=1S/C16H19N3O3/c1-16(2,3)13-8-14(19(4)18-13)17-15(20)10-5-6-11-12(7-10)22-9-21-11/h5-8H,9H2,1-4H3,(H,17,20). The first kappa shape index (κ1) is 14.4.